The molecule has 0 unspecified atom stereocenters. The van der Waals surface area contributed by atoms with Gasteiger partial charge in [-0.15, -0.1) is 0 Å². The van der Waals surface area contributed by atoms with Crippen molar-refractivity contribution in [2.75, 3.05) is 0 Å². The van der Waals surface area contributed by atoms with Gasteiger partial charge in [-0.3, -0.25) is 0 Å². The molecule has 0 saturated heterocycles. The average molecular weight is 341 g/mol. The van der Waals surface area contributed by atoms with Crippen LogP contribution in [0.2, 0.25) is 0 Å². The SMILES string of the molecule is CCCC[C@@H](CC)C/C(C(=O)O)=C(/C[C@@H](CC)CCCC)C(=O)O. The maximum Gasteiger partial charge on any atom is 0.332 e. The first kappa shape index (κ1) is 22.7. The van der Waals surface area contributed by atoms with Crippen LogP contribution in [0.25, 0.3) is 0 Å². The fraction of sp³-hybridized carbons (Fsp3) is 0.800. The summed E-state index contributed by atoms with van der Waals surface area (Å²) < 4.78 is 0. The first-order valence-corrected chi connectivity index (χ1v) is 9.59. The maximum absolute atomic E-state index is 11.7. The molecule has 0 aliphatic heterocycles. The predicted octanol–water partition coefficient (Wildman–Crippen LogP) is 5.67. The molecule has 0 heterocycles. The molecule has 4 nitrogen and oxygen atoms in total. The Morgan fingerprint density at radius 2 is 1.04 bits per heavy atom. The summed E-state index contributed by atoms with van der Waals surface area (Å²) in [7, 11) is 0. The molecule has 140 valence electrons. The fourth-order valence-electron chi connectivity index (χ4n) is 3.14. The molecular formula is C20H36O4. The first-order chi connectivity index (χ1) is 11.4. The van der Waals surface area contributed by atoms with E-state index in [0.717, 1.165) is 51.4 Å². The van der Waals surface area contributed by atoms with Crippen molar-refractivity contribution in [3.05, 3.63) is 11.1 Å². The minimum atomic E-state index is -1.06. The van der Waals surface area contributed by atoms with Gasteiger partial charge in [-0.2, -0.15) is 0 Å². The van der Waals surface area contributed by atoms with Gasteiger partial charge in [-0.25, -0.2) is 9.59 Å². The number of rotatable bonds is 14. The van der Waals surface area contributed by atoms with E-state index in [-0.39, 0.29) is 23.0 Å². The Hall–Kier alpha value is -1.32. The summed E-state index contributed by atoms with van der Waals surface area (Å²) >= 11 is 0. The van der Waals surface area contributed by atoms with Crippen LogP contribution in [0.3, 0.4) is 0 Å². The van der Waals surface area contributed by atoms with Crippen molar-refractivity contribution in [1.82, 2.24) is 0 Å². The number of carboxylic acid groups (broad SMARTS) is 2. The minimum absolute atomic E-state index is 0.125. The minimum Gasteiger partial charge on any atom is -0.478 e. The smallest absolute Gasteiger partial charge is 0.332 e. The largest absolute Gasteiger partial charge is 0.478 e. The third-order valence-corrected chi connectivity index (χ3v) is 4.95. The van der Waals surface area contributed by atoms with Gasteiger partial charge in [0.05, 0.1) is 0 Å². The zero-order chi connectivity index (χ0) is 18.5. The number of hydrogen-bond acceptors (Lipinski definition) is 2. The lowest BCUT2D eigenvalue weighted by Crippen LogP contribution is -2.17. The van der Waals surface area contributed by atoms with Crippen molar-refractivity contribution in [1.29, 1.82) is 0 Å². The van der Waals surface area contributed by atoms with E-state index >= 15 is 0 Å². The molecule has 24 heavy (non-hydrogen) atoms. The number of carbonyl (C=O) groups is 2. The summed E-state index contributed by atoms with van der Waals surface area (Å²) in [4.78, 5) is 23.5. The molecule has 0 aromatic heterocycles. The highest BCUT2D eigenvalue weighted by atomic mass is 16.4. The maximum atomic E-state index is 11.7. The van der Waals surface area contributed by atoms with E-state index in [1.807, 2.05) is 0 Å². The Labute approximate surface area is 147 Å². The third-order valence-electron chi connectivity index (χ3n) is 4.95. The highest BCUT2D eigenvalue weighted by Gasteiger charge is 2.25. The molecule has 0 saturated carbocycles. The van der Waals surface area contributed by atoms with Crippen LogP contribution in [0, 0.1) is 11.8 Å². The van der Waals surface area contributed by atoms with Crippen molar-refractivity contribution in [3.8, 4) is 0 Å². The summed E-state index contributed by atoms with van der Waals surface area (Å²) in [6.07, 6.45) is 8.70. The van der Waals surface area contributed by atoms with Gasteiger partial charge in [0.2, 0.25) is 0 Å². The van der Waals surface area contributed by atoms with Gasteiger partial charge in [0.15, 0.2) is 0 Å². The van der Waals surface area contributed by atoms with Gasteiger partial charge < -0.3 is 10.2 Å². The third kappa shape index (κ3) is 8.51. The van der Waals surface area contributed by atoms with Crippen LogP contribution in [0.4, 0.5) is 0 Å². The second-order valence-electron chi connectivity index (χ2n) is 6.81. The monoisotopic (exact) mass is 340 g/mol. The number of carboxylic acids is 2. The van der Waals surface area contributed by atoms with Gasteiger partial charge in [-0.05, 0) is 24.7 Å². The molecule has 0 bridgehead atoms. The molecule has 2 atom stereocenters. The topological polar surface area (TPSA) is 74.6 Å². The van der Waals surface area contributed by atoms with E-state index in [1.54, 1.807) is 0 Å². The van der Waals surface area contributed by atoms with Gasteiger partial charge in [0.1, 0.15) is 0 Å². The Bertz CT molecular complexity index is 374. The molecule has 0 aromatic carbocycles. The van der Waals surface area contributed by atoms with Crippen molar-refractivity contribution in [3.63, 3.8) is 0 Å². The van der Waals surface area contributed by atoms with E-state index in [1.165, 1.54) is 0 Å². The molecule has 0 rings (SSSR count). The van der Waals surface area contributed by atoms with Crippen LogP contribution in [0.1, 0.15) is 91.9 Å². The van der Waals surface area contributed by atoms with E-state index in [0.29, 0.717) is 12.8 Å². The molecule has 0 spiro atoms. The van der Waals surface area contributed by atoms with E-state index in [4.69, 9.17) is 0 Å². The Morgan fingerprint density at radius 1 is 0.708 bits per heavy atom. The second-order valence-corrected chi connectivity index (χ2v) is 6.81. The molecule has 0 radical (unpaired) electrons. The van der Waals surface area contributed by atoms with Crippen LogP contribution >= 0.6 is 0 Å². The average Bonchev–Trinajstić information content (AvgIpc) is 2.55. The first-order valence-electron chi connectivity index (χ1n) is 9.59. The van der Waals surface area contributed by atoms with E-state index in [2.05, 4.69) is 27.7 Å². The van der Waals surface area contributed by atoms with Crippen LogP contribution in [-0.4, -0.2) is 22.2 Å². The highest BCUT2D eigenvalue weighted by Crippen LogP contribution is 2.29. The van der Waals surface area contributed by atoms with Crippen LogP contribution in [0.15, 0.2) is 11.1 Å². The number of hydrogen-bond donors (Lipinski definition) is 2. The lowest BCUT2D eigenvalue weighted by molar-refractivity contribution is -0.136. The lowest BCUT2D eigenvalue weighted by atomic mass is 9.85. The number of aliphatic carboxylic acids is 2. The Kier molecular flexibility index (Phi) is 12.3. The van der Waals surface area contributed by atoms with Gasteiger partial charge in [0, 0.05) is 11.1 Å². The van der Waals surface area contributed by atoms with E-state index in [9.17, 15) is 19.8 Å². The van der Waals surface area contributed by atoms with Crippen LogP contribution < -0.4 is 0 Å². The summed E-state index contributed by atoms with van der Waals surface area (Å²) in [6, 6.07) is 0. The molecule has 0 aliphatic rings. The second kappa shape index (κ2) is 13.0. The Balaban J connectivity index is 5.39. The molecular weight excluding hydrogens is 304 g/mol. The summed E-state index contributed by atoms with van der Waals surface area (Å²) in [5.41, 5.74) is 0.251. The molecule has 4 heteroatoms. The van der Waals surface area contributed by atoms with Crippen LogP contribution in [0.5, 0.6) is 0 Å². The zero-order valence-corrected chi connectivity index (χ0v) is 15.9. The van der Waals surface area contributed by atoms with Crippen molar-refractivity contribution in [2.45, 2.75) is 91.9 Å². The molecule has 2 N–H and O–H groups in total. The van der Waals surface area contributed by atoms with Gasteiger partial charge >= 0.3 is 11.9 Å². The van der Waals surface area contributed by atoms with Crippen molar-refractivity contribution in [2.24, 2.45) is 11.8 Å². The standard InChI is InChI=1S/C20H36O4/c1-5-9-11-15(7-3)13-17(19(21)22)18(20(23)24)14-16(8-4)12-10-6-2/h15-16H,5-14H2,1-4H3,(H,21,22)(H,23,24)/b18-17+/t15-,16+. The summed E-state index contributed by atoms with van der Waals surface area (Å²) in [5.74, 6) is -1.62. The van der Waals surface area contributed by atoms with Gasteiger partial charge in [-0.1, -0.05) is 79.1 Å². The quantitative estimate of drug-likeness (QED) is 0.400. The van der Waals surface area contributed by atoms with Crippen LogP contribution in [-0.2, 0) is 9.59 Å². The molecule has 0 amide bonds. The molecule has 0 fully saturated rings. The summed E-state index contributed by atoms with van der Waals surface area (Å²) in [5, 5.41) is 19.2. The fourth-order valence-corrected chi connectivity index (χ4v) is 3.14. The van der Waals surface area contributed by atoms with Crippen molar-refractivity contribution >= 4 is 11.9 Å². The molecule has 0 aromatic rings. The number of unbranched alkanes of at least 4 members (excludes halogenated alkanes) is 2. The lowest BCUT2D eigenvalue weighted by Gasteiger charge is -2.19. The highest BCUT2D eigenvalue weighted by molar-refractivity contribution is 5.98. The van der Waals surface area contributed by atoms with E-state index < -0.39 is 11.9 Å². The summed E-state index contributed by atoms with van der Waals surface area (Å²) in [6.45, 7) is 8.33. The zero-order valence-electron chi connectivity index (χ0n) is 15.9. The van der Waals surface area contributed by atoms with Gasteiger partial charge in [0.25, 0.3) is 0 Å². The van der Waals surface area contributed by atoms with Crippen molar-refractivity contribution < 1.29 is 19.8 Å². The molecule has 0 aliphatic carbocycles. The normalized spacial score (nSPS) is 14.8. The Morgan fingerprint density at radius 3 is 1.25 bits per heavy atom. The predicted molar refractivity (Wildman–Crippen MR) is 98.1 cm³/mol.